The third kappa shape index (κ3) is 4.52. The summed E-state index contributed by atoms with van der Waals surface area (Å²) in [5, 5.41) is 13.4. The minimum absolute atomic E-state index is 0.237. The van der Waals surface area contributed by atoms with Crippen LogP contribution in [0.5, 0.6) is 11.5 Å². The molecule has 0 saturated carbocycles. The Balaban J connectivity index is 1.57. The molecule has 8 nitrogen and oxygen atoms in total. The van der Waals surface area contributed by atoms with E-state index < -0.39 is 17.4 Å². The molecule has 1 atom stereocenters. The third-order valence-electron chi connectivity index (χ3n) is 4.25. The van der Waals surface area contributed by atoms with Gasteiger partial charge >= 0.3 is 0 Å². The number of carbonyl (C=O) groups excluding carboxylic acids is 2. The molecule has 0 aliphatic carbocycles. The normalized spacial score (nSPS) is 17.9. The van der Waals surface area contributed by atoms with Crippen molar-refractivity contribution in [3.05, 3.63) is 64.3 Å². The molecule has 1 heterocycles. The van der Waals surface area contributed by atoms with E-state index in [0.29, 0.717) is 32.9 Å². The van der Waals surface area contributed by atoms with Crippen molar-refractivity contribution >= 4 is 33.4 Å². The van der Waals surface area contributed by atoms with Gasteiger partial charge in [-0.05, 0) is 53.2 Å². The van der Waals surface area contributed by atoms with Gasteiger partial charge in [0, 0.05) is 16.9 Å². The minimum Gasteiger partial charge on any atom is -0.497 e. The number of aliphatic hydroxyl groups is 1. The number of halogens is 1. The molecule has 0 fully saturated rings. The Hall–Kier alpha value is -3.04. The number of allylic oxidation sites excluding steroid dienone is 1. The molecule has 152 valence electrons. The summed E-state index contributed by atoms with van der Waals surface area (Å²) in [4.78, 5) is 24.2. The second-order valence-corrected chi connectivity index (χ2v) is 7.21. The van der Waals surface area contributed by atoms with Crippen molar-refractivity contribution in [1.29, 1.82) is 0 Å². The van der Waals surface area contributed by atoms with Gasteiger partial charge in [-0.2, -0.15) is 0 Å². The van der Waals surface area contributed by atoms with E-state index >= 15 is 0 Å². The summed E-state index contributed by atoms with van der Waals surface area (Å²) in [6, 6.07) is 12.0. The number of anilines is 1. The number of fused-ring (bicyclic) bond motifs is 1. The monoisotopic (exact) mass is 461 g/mol. The second-order valence-electron chi connectivity index (χ2n) is 6.35. The summed E-state index contributed by atoms with van der Waals surface area (Å²) < 4.78 is 11.2. The van der Waals surface area contributed by atoms with Crippen LogP contribution in [0.15, 0.2) is 58.7 Å². The zero-order valence-electron chi connectivity index (χ0n) is 15.8. The average molecular weight is 462 g/mol. The lowest BCUT2D eigenvalue weighted by atomic mass is 9.94. The van der Waals surface area contributed by atoms with Gasteiger partial charge in [0.1, 0.15) is 11.5 Å². The van der Waals surface area contributed by atoms with Crippen molar-refractivity contribution in [3.8, 4) is 11.5 Å². The van der Waals surface area contributed by atoms with Gasteiger partial charge in [0.25, 0.3) is 11.8 Å². The number of nitrogens with one attached hydrogen (secondary N) is 3. The van der Waals surface area contributed by atoms with E-state index in [9.17, 15) is 14.7 Å². The second kappa shape index (κ2) is 8.54. The number of benzene rings is 2. The van der Waals surface area contributed by atoms with Gasteiger partial charge in [-0.15, -0.1) is 0 Å². The van der Waals surface area contributed by atoms with Crippen molar-refractivity contribution < 1.29 is 24.2 Å². The van der Waals surface area contributed by atoms with Crippen LogP contribution in [-0.2, 0) is 15.2 Å². The zero-order chi connectivity index (χ0) is 21.0. The SMILES string of the molecule is COc1ccc(OCC(=O)NNC(C)=C[C@@]2(O)C(=O)Nc3ccccc32)c(Br)c1. The van der Waals surface area contributed by atoms with E-state index in [1.807, 2.05) is 0 Å². The molecule has 0 saturated heterocycles. The molecule has 2 aromatic rings. The van der Waals surface area contributed by atoms with Crippen LogP contribution in [0.1, 0.15) is 12.5 Å². The van der Waals surface area contributed by atoms with Crippen molar-refractivity contribution in [2.24, 2.45) is 0 Å². The summed E-state index contributed by atoms with van der Waals surface area (Å²) in [5.41, 5.74) is 4.69. The smallest absolute Gasteiger partial charge is 0.276 e. The number of hydrazine groups is 1. The number of methoxy groups -OCH3 is 1. The Kier molecular flexibility index (Phi) is 6.09. The van der Waals surface area contributed by atoms with Crippen LogP contribution in [0.3, 0.4) is 0 Å². The number of rotatable bonds is 7. The molecule has 0 radical (unpaired) electrons. The van der Waals surface area contributed by atoms with Crippen LogP contribution in [-0.4, -0.2) is 30.6 Å². The minimum atomic E-state index is -1.82. The maximum Gasteiger partial charge on any atom is 0.276 e. The molecule has 4 N–H and O–H groups in total. The van der Waals surface area contributed by atoms with E-state index in [2.05, 4.69) is 32.1 Å². The highest BCUT2D eigenvalue weighted by atomic mass is 79.9. The number of hydrogen-bond acceptors (Lipinski definition) is 6. The largest absolute Gasteiger partial charge is 0.497 e. The highest BCUT2D eigenvalue weighted by Crippen LogP contribution is 2.37. The van der Waals surface area contributed by atoms with E-state index in [1.54, 1.807) is 56.5 Å². The first-order valence-corrected chi connectivity index (χ1v) is 9.47. The van der Waals surface area contributed by atoms with E-state index in [0.717, 1.165) is 0 Å². The molecule has 2 amide bonds. The molecule has 1 aliphatic heterocycles. The quantitative estimate of drug-likeness (QED) is 0.470. The van der Waals surface area contributed by atoms with E-state index in [-0.39, 0.29) is 6.61 Å². The average Bonchev–Trinajstić information content (AvgIpc) is 2.95. The Morgan fingerprint density at radius 3 is 2.76 bits per heavy atom. The topological polar surface area (TPSA) is 109 Å². The first-order chi connectivity index (χ1) is 13.8. The van der Waals surface area contributed by atoms with E-state index in [1.165, 1.54) is 6.08 Å². The number of hydrogen-bond donors (Lipinski definition) is 4. The number of amides is 2. The predicted octanol–water partition coefficient (Wildman–Crippen LogP) is 2.20. The predicted molar refractivity (Wildman–Crippen MR) is 110 cm³/mol. The molecule has 0 bridgehead atoms. The molecule has 29 heavy (non-hydrogen) atoms. The van der Waals surface area contributed by atoms with Gasteiger partial charge in [0.15, 0.2) is 12.2 Å². The summed E-state index contributed by atoms with van der Waals surface area (Å²) in [7, 11) is 1.56. The molecule has 1 aliphatic rings. The lowest BCUT2D eigenvalue weighted by Gasteiger charge is -2.18. The number of ether oxygens (including phenoxy) is 2. The highest BCUT2D eigenvalue weighted by molar-refractivity contribution is 9.10. The van der Waals surface area contributed by atoms with Gasteiger partial charge < -0.3 is 25.3 Å². The first-order valence-electron chi connectivity index (χ1n) is 8.67. The summed E-state index contributed by atoms with van der Waals surface area (Å²) >= 11 is 3.35. The standard InChI is InChI=1S/C20H20BrN3O5/c1-12(10-20(27)14-5-3-4-6-16(14)22-19(20)26)23-24-18(25)11-29-17-8-7-13(28-2)9-15(17)21/h3-10,23,27H,11H2,1-2H3,(H,22,26)(H,24,25)/t20-/m0/s1. The molecular formula is C20H20BrN3O5. The lowest BCUT2D eigenvalue weighted by Crippen LogP contribution is -2.40. The van der Waals surface area contributed by atoms with Crippen molar-refractivity contribution in [2.75, 3.05) is 19.0 Å². The highest BCUT2D eigenvalue weighted by Gasteiger charge is 2.43. The van der Waals surface area contributed by atoms with Crippen molar-refractivity contribution in [3.63, 3.8) is 0 Å². The molecule has 9 heteroatoms. The fourth-order valence-electron chi connectivity index (χ4n) is 2.83. The maximum atomic E-state index is 12.2. The van der Waals surface area contributed by atoms with Crippen LogP contribution < -0.4 is 25.6 Å². The molecule has 2 aromatic carbocycles. The number of carbonyl (C=O) groups is 2. The zero-order valence-corrected chi connectivity index (χ0v) is 17.4. The van der Waals surface area contributed by atoms with Gasteiger partial charge in [-0.3, -0.25) is 15.0 Å². The van der Waals surface area contributed by atoms with Crippen LogP contribution in [0, 0.1) is 0 Å². The van der Waals surface area contributed by atoms with E-state index in [4.69, 9.17) is 9.47 Å². The summed E-state index contributed by atoms with van der Waals surface area (Å²) in [5.74, 6) is 0.149. The van der Waals surface area contributed by atoms with Gasteiger partial charge in [-0.25, -0.2) is 0 Å². The Morgan fingerprint density at radius 1 is 1.28 bits per heavy atom. The fraction of sp³-hybridized carbons (Fsp3) is 0.200. The third-order valence-corrected chi connectivity index (χ3v) is 4.87. The molecular weight excluding hydrogens is 442 g/mol. The van der Waals surface area contributed by atoms with Crippen LogP contribution >= 0.6 is 15.9 Å². The van der Waals surface area contributed by atoms with Crippen LogP contribution in [0.2, 0.25) is 0 Å². The number of para-hydroxylation sites is 1. The molecule has 0 spiro atoms. The Morgan fingerprint density at radius 2 is 2.03 bits per heavy atom. The Labute approximate surface area is 176 Å². The van der Waals surface area contributed by atoms with Crippen molar-refractivity contribution in [2.45, 2.75) is 12.5 Å². The summed E-state index contributed by atoms with van der Waals surface area (Å²) in [6.07, 6.45) is 1.34. The summed E-state index contributed by atoms with van der Waals surface area (Å²) in [6.45, 7) is 1.38. The van der Waals surface area contributed by atoms with Crippen LogP contribution in [0.4, 0.5) is 5.69 Å². The fourth-order valence-corrected chi connectivity index (χ4v) is 3.30. The molecule has 3 rings (SSSR count). The van der Waals surface area contributed by atoms with Crippen LogP contribution in [0.25, 0.3) is 0 Å². The first kappa shape index (κ1) is 20.7. The lowest BCUT2D eigenvalue weighted by molar-refractivity contribution is -0.129. The van der Waals surface area contributed by atoms with Gasteiger partial charge in [0.05, 0.1) is 11.6 Å². The van der Waals surface area contributed by atoms with Crippen molar-refractivity contribution in [1.82, 2.24) is 10.9 Å². The van der Waals surface area contributed by atoms with Gasteiger partial charge in [0.2, 0.25) is 0 Å². The maximum absolute atomic E-state index is 12.2. The molecule has 0 unspecified atom stereocenters. The molecule has 0 aromatic heterocycles. The Bertz CT molecular complexity index is 978. The van der Waals surface area contributed by atoms with Gasteiger partial charge in [-0.1, -0.05) is 18.2 Å².